The van der Waals surface area contributed by atoms with Crippen LogP contribution in [0.3, 0.4) is 0 Å². The van der Waals surface area contributed by atoms with Gasteiger partial charge < -0.3 is 15.2 Å². The molecule has 6 nitrogen and oxygen atoms in total. The van der Waals surface area contributed by atoms with Gasteiger partial charge in [0.25, 0.3) is 5.91 Å². The van der Waals surface area contributed by atoms with Gasteiger partial charge in [0, 0.05) is 17.7 Å². The van der Waals surface area contributed by atoms with E-state index in [1.165, 1.54) is 13.2 Å². The van der Waals surface area contributed by atoms with Crippen LogP contribution in [0.1, 0.15) is 30.2 Å². The van der Waals surface area contributed by atoms with Crippen molar-refractivity contribution in [1.82, 2.24) is 9.78 Å². The van der Waals surface area contributed by atoms with Crippen molar-refractivity contribution in [1.29, 1.82) is 0 Å². The largest absolute Gasteiger partial charge is 0.504 e. The highest BCUT2D eigenvalue weighted by Crippen LogP contribution is 2.26. The molecule has 0 aliphatic heterocycles. The number of carbonyl (C=O) groups excluding carboxylic acids is 1. The van der Waals surface area contributed by atoms with Crippen molar-refractivity contribution >= 4 is 11.7 Å². The fourth-order valence-corrected chi connectivity index (χ4v) is 1.84. The Morgan fingerprint density at radius 1 is 1.40 bits per heavy atom. The Bertz CT molecular complexity index is 620. The Balaban J connectivity index is 2.20. The summed E-state index contributed by atoms with van der Waals surface area (Å²) in [5, 5.41) is 16.6. The number of phenolic OH excluding ortho intramolecular Hbond substituents is 1. The van der Waals surface area contributed by atoms with Gasteiger partial charge in [0.05, 0.1) is 13.3 Å². The van der Waals surface area contributed by atoms with E-state index in [2.05, 4.69) is 10.4 Å². The summed E-state index contributed by atoms with van der Waals surface area (Å²) >= 11 is 0. The Morgan fingerprint density at radius 2 is 2.15 bits per heavy atom. The van der Waals surface area contributed by atoms with Crippen LogP contribution >= 0.6 is 0 Å². The number of phenols is 1. The predicted molar refractivity (Wildman–Crippen MR) is 75.2 cm³/mol. The second kappa shape index (κ2) is 5.64. The lowest BCUT2D eigenvalue weighted by atomic mass is 10.2. The first-order valence-corrected chi connectivity index (χ1v) is 6.24. The van der Waals surface area contributed by atoms with Gasteiger partial charge in [-0.25, -0.2) is 4.68 Å². The molecule has 2 N–H and O–H groups in total. The van der Waals surface area contributed by atoms with Crippen LogP contribution in [0.2, 0.25) is 0 Å². The molecule has 0 atom stereocenters. The van der Waals surface area contributed by atoms with Crippen LogP contribution in [-0.4, -0.2) is 27.9 Å². The third kappa shape index (κ3) is 2.74. The molecule has 1 heterocycles. The lowest BCUT2D eigenvalue weighted by Crippen LogP contribution is -2.16. The number of hydrogen-bond donors (Lipinski definition) is 2. The quantitative estimate of drug-likeness (QED) is 0.898. The number of aromatic nitrogens is 2. The van der Waals surface area contributed by atoms with E-state index in [0.717, 1.165) is 0 Å². The molecule has 0 fully saturated rings. The molecule has 0 aliphatic carbocycles. The first-order chi connectivity index (χ1) is 9.52. The van der Waals surface area contributed by atoms with Crippen molar-refractivity contribution in [2.45, 2.75) is 19.9 Å². The molecule has 106 valence electrons. The molecule has 0 radical (unpaired) electrons. The van der Waals surface area contributed by atoms with E-state index in [0.29, 0.717) is 17.1 Å². The highest BCUT2D eigenvalue weighted by atomic mass is 16.5. The minimum Gasteiger partial charge on any atom is -0.504 e. The maximum Gasteiger partial charge on any atom is 0.256 e. The van der Waals surface area contributed by atoms with Gasteiger partial charge in [-0.3, -0.25) is 4.79 Å². The summed E-state index contributed by atoms with van der Waals surface area (Å²) in [6.07, 6.45) is 1.63. The van der Waals surface area contributed by atoms with E-state index in [9.17, 15) is 9.90 Å². The van der Waals surface area contributed by atoms with Crippen molar-refractivity contribution in [3.63, 3.8) is 0 Å². The summed E-state index contributed by atoms with van der Waals surface area (Å²) < 4.78 is 6.65. The molecule has 0 unspecified atom stereocenters. The number of hydrogen-bond acceptors (Lipinski definition) is 4. The van der Waals surface area contributed by atoms with Crippen molar-refractivity contribution in [3.05, 3.63) is 36.0 Å². The van der Waals surface area contributed by atoms with Crippen LogP contribution in [0.5, 0.6) is 11.5 Å². The Labute approximate surface area is 117 Å². The third-order valence-corrected chi connectivity index (χ3v) is 2.84. The monoisotopic (exact) mass is 275 g/mol. The van der Waals surface area contributed by atoms with Crippen molar-refractivity contribution in [2.24, 2.45) is 0 Å². The number of nitrogens with zero attached hydrogens (tertiary/aromatic N) is 2. The second-order valence-corrected chi connectivity index (χ2v) is 4.60. The van der Waals surface area contributed by atoms with Gasteiger partial charge in [-0.15, -0.1) is 0 Å². The third-order valence-electron chi connectivity index (χ3n) is 2.84. The smallest absolute Gasteiger partial charge is 0.256 e. The van der Waals surface area contributed by atoms with Gasteiger partial charge in [0.1, 0.15) is 5.82 Å². The number of carbonyl (C=O) groups is 1. The summed E-state index contributed by atoms with van der Waals surface area (Å²) in [5.41, 5.74) is 0.347. The average Bonchev–Trinajstić information content (AvgIpc) is 2.86. The maximum atomic E-state index is 12.1. The summed E-state index contributed by atoms with van der Waals surface area (Å²) in [7, 11) is 1.45. The summed E-state index contributed by atoms with van der Waals surface area (Å²) in [5.74, 6) is 0.553. The van der Waals surface area contributed by atoms with Crippen LogP contribution in [0.4, 0.5) is 5.82 Å². The first kappa shape index (κ1) is 13.9. The van der Waals surface area contributed by atoms with Gasteiger partial charge in [-0.1, -0.05) is 0 Å². The number of rotatable bonds is 4. The van der Waals surface area contributed by atoms with E-state index in [1.807, 2.05) is 13.8 Å². The minimum absolute atomic E-state index is 0.0717. The molecule has 2 rings (SSSR count). The van der Waals surface area contributed by atoms with Crippen LogP contribution in [0, 0.1) is 0 Å². The zero-order valence-electron chi connectivity index (χ0n) is 11.6. The van der Waals surface area contributed by atoms with Crippen molar-refractivity contribution < 1.29 is 14.6 Å². The first-order valence-electron chi connectivity index (χ1n) is 6.24. The molecule has 6 heteroatoms. The van der Waals surface area contributed by atoms with E-state index < -0.39 is 0 Å². The normalized spacial score (nSPS) is 10.6. The fourth-order valence-electron chi connectivity index (χ4n) is 1.84. The molecule has 0 bridgehead atoms. The van der Waals surface area contributed by atoms with Crippen LogP contribution in [0.15, 0.2) is 30.5 Å². The van der Waals surface area contributed by atoms with Crippen LogP contribution < -0.4 is 10.1 Å². The highest BCUT2D eigenvalue weighted by molar-refractivity contribution is 6.04. The van der Waals surface area contributed by atoms with E-state index >= 15 is 0 Å². The van der Waals surface area contributed by atoms with Crippen molar-refractivity contribution in [2.75, 3.05) is 12.4 Å². The molecule has 0 saturated carbocycles. The topological polar surface area (TPSA) is 76.4 Å². The molecule has 0 spiro atoms. The zero-order valence-corrected chi connectivity index (χ0v) is 11.6. The number of anilines is 1. The van der Waals surface area contributed by atoms with Gasteiger partial charge in [0.15, 0.2) is 11.5 Å². The summed E-state index contributed by atoms with van der Waals surface area (Å²) in [4.78, 5) is 12.1. The number of amides is 1. The average molecular weight is 275 g/mol. The summed E-state index contributed by atoms with van der Waals surface area (Å²) in [6.45, 7) is 3.95. The molecule has 0 aliphatic rings. The van der Waals surface area contributed by atoms with E-state index in [-0.39, 0.29) is 17.7 Å². The zero-order chi connectivity index (χ0) is 14.7. The number of benzene rings is 1. The van der Waals surface area contributed by atoms with Gasteiger partial charge in [-0.2, -0.15) is 5.10 Å². The molecule has 1 aromatic carbocycles. The van der Waals surface area contributed by atoms with Gasteiger partial charge in [-0.05, 0) is 32.0 Å². The SMILES string of the molecule is COc1ccc(C(=O)Nc2ccnn2C(C)C)cc1O. The highest BCUT2D eigenvalue weighted by Gasteiger charge is 2.13. The molecule has 1 amide bonds. The van der Waals surface area contributed by atoms with Crippen molar-refractivity contribution in [3.8, 4) is 11.5 Å². The lowest BCUT2D eigenvalue weighted by molar-refractivity contribution is 0.102. The van der Waals surface area contributed by atoms with Crippen LogP contribution in [-0.2, 0) is 0 Å². The number of ether oxygens (including phenoxy) is 1. The molecular weight excluding hydrogens is 258 g/mol. The number of methoxy groups -OCH3 is 1. The Hall–Kier alpha value is -2.50. The Morgan fingerprint density at radius 3 is 2.75 bits per heavy atom. The maximum absolute atomic E-state index is 12.1. The fraction of sp³-hybridized carbons (Fsp3) is 0.286. The standard InChI is InChI=1S/C14H17N3O3/c1-9(2)17-13(6-7-15-17)16-14(19)10-4-5-12(20-3)11(18)8-10/h4-9,18H,1-3H3,(H,16,19). The second-order valence-electron chi connectivity index (χ2n) is 4.60. The minimum atomic E-state index is -0.314. The molecule has 1 aromatic heterocycles. The number of nitrogens with one attached hydrogen (secondary N) is 1. The van der Waals surface area contributed by atoms with Gasteiger partial charge >= 0.3 is 0 Å². The van der Waals surface area contributed by atoms with E-state index in [4.69, 9.17) is 4.74 Å². The van der Waals surface area contributed by atoms with E-state index in [1.54, 1.807) is 29.1 Å². The molecule has 0 saturated heterocycles. The predicted octanol–water partition coefficient (Wildman–Crippen LogP) is 2.43. The van der Waals surface area contributed by atoms with Gasteiger partial charge in [0.2, 0.25) is 0 Å². The molecule has 2 aromatic rings. The molecular formula is C14H17N3O3. The van der Waals surface area contributed by atoms with Crippen LogP contribution in [0.25, 0.3) is 0 Å². The Kier molecular flexibility index (Phi) is 3.93. The summed E-state index contributed by atoms with van der Waals surface area (Å²) in [6, 6.07) is 6.36. The number of aromatic hydroxyl groups is 1. The molecule has 20 heavy (non-hydrogen) atoms. The lowest BCUT2D eigenvalue weighted by Gasteiger charge is -2.12.